The number of unbranched alkanes of at least 4 members (excludes halogenated alkanes) is 3. The molecule has 0 aliphatic carbocycles. The lowest BCUT2D eigenvalue weighted by atomic mass is 9.81. The maximum Gasteiger partial charge on any atom is 0.314 e. The molecular formula is C17H22O3. The lowest BCUT2D eigenvalue weighted by molar-refractivity contribution is -0.173. The number of rotatable bonds is 6. The van der Waals surface area contributed by atoms with Gasteiger partial charge in [0.1, 0.15) is 17.8 Å². The molecular weight excluding hydrogens is 252 g/mol. The fourth-order valence-electron chi connectivity index (χ4n) is 2.86. The van der Waals surface area contributed by atoms with Crippen LogP contribution in [0.2, 0.25) is 0 Å². The van der Waals surface area contributed by atoms with Crippen molar-refractivity contribution in [2.24, 2.45) is 0 Å². The minimum atomic E-state index is -0.735. The molecule has 0 spiro atoms. The van der Waals surface area contributed by atoms with Crippen molar-refractivity contribution in [3.8, 4) is 0 Å². The van der Waals surface area contributed by atoms with Crippen LogP contribution < -0.4 is 0 Å². The van der Waals surface area contributed by atoms with Crippen molar-refractivity contribution in [3.63, 3.8) is 0 Å². The number of benzene rings is 1. The second-order valence-electron chi connectivity index (χ2n) is 5.54. The van der Waals surface area contributed by atoms with Crippen LogP contribution in [0.15, 0.2) is 30.3 Å². The molecule has 0 aromatic heterocycles. The van der Waals surface area contributed by atoms with E-state index in [9.17, 15) is 9.59 Å². The Bertz CT molecular complexity index is 448. The maximum absolute atomic E-state index is 11.9. The van der Waals surface area contributed by atoms with Crippen LogP contribution in [0.5, 0.6) is 0 Å². The zero-order valence-corrected chi connectivity index (χ0v) is 12.1. The number of hydrogen-bond acceptors (Lipinski definition) is 3. The predicted molar refractivity (Wildman–Crippen MR) is 77.2 cm³/mol. The quantitative estimate of drug-likeness (QED) is 0.450. The first kappa shape index (κ1) is 14.8. The van der Waals surface area contributed by atoms with E-state index in [2.05, 4.69) is 6.92 Å². The predicted octanol–water partition coefficient (Wildman–Crippen LogP) is 3.76. The first-order valence-electron chi connectivity index (χ1n) is 7.45. The summed E-state index contributed by atoms with van der Waals surface area (Å²) in [6.07, 6.45) is 5.39. The standard InChI is InChI=1S/C17H22O3/c1-2-3-4-8-11-17(14-9-6-5-7-10-14)13-15(18)12-16(19)20-17/h5-7,9-10H,2-4,8,11-13H2,1H3. The molecule has 1 aliphatic heterocycles. The molecule has 1 aromatic carbocycles. The Kier molecular flexibility index (Phi) is 4.94. The van der Waals surface area contributed by atoms with Gasteiger partial charge in [0.15, 0.2) is 0 Å². The Morgan fingerprint density at radius 2 is 1.85 bits per heavy atom. The van der Waals surface area contributed by atoms with Crippen molar-refractivity contribution >= 4 is 11.8 Å². The van der Waals surface area contributed by atoms with Gasteiger partial charge in [-0.1, -0.05) is 56.5 Å². The van der Waals surface area contributed by atoms with E-state index in [1.807, 2.05) is 30.3 Å². The largest absolute Gasteiger partial charge is 0.453 e. The molecule has 0 radical (unpaired) electrons. The molecule has 0 bridgehead atoms. The highest BCUT2D eigenvalue weighted by Crippen LogP contribution is 2.38. The molecule has 2 rings (SSSR count). The zero-order valence-electron chi connectivity index (χ0n) is 12.1. The van der Waals surface area contributed by atoms with Gasteiger partial charge in [-0.3, -0.25) is 9.59 Å². The Balaban J connectivity index is 2.19. The monoisotopic (exact) mass is 274 g/mol. The summed E-state index contributed by atoms with van der Waals surface area (Å²) in [5.41, 5.74) is 0.208. The fourth-order valence-corrected chi connectivity index (χ4v) is 2.86. The Morgan fingerprint density at radius 1 is 1.10 bits per heavy atom. The minimum Gasteiger partial charge on any atom is -0.453 e. The van der Waals surface area contributed by atoms with Crippen LogP contribution in [-0.4, -0.2) is 11.8 Å². The average molecular weight is 274 g/mol. The van der Waals surface area contributed by atoms with Crippen LogP contribution in [0.4, 0.5) is 0 Å². The van der Waals surface area contributed by atoms with Crippen molar-refractivity contribution in [2.45, 2.75) is 57.5 Å². The first-order valence-corrected chi connectivity index (χ1v) is 7.45. The highest BCUT2D eigenvalue weighted by Gasteiger charge is 2.42. The summed E-state index contributed by atoms with van der Waals surface area (Å²) in [5.74, 6) is -0.402. The van der Waals surface area contributed by atoms with Crippen molar-refractivity contribution in [2.75, 3.05) is 0 Å². The van der Waals surface area contributed by atoms with E-state index in [1.165, 1.54) is 6.42 Å². The number of Topliss-reactive ketones (excluding diaryl/α,β-unsaturated/α-hetero) is 1. The van der Waals surface area contributed by atoms with Gasteiger partial charge in [0.2, 0.25) is 0 Å². The number of hydrogen-bond donors (Lipinski definition) is 0. The lowest BCUT2D eigenvalue weighted by Gasteiger charge is -2.36. The van der Waals surface area contributed by atoms with Gasteiger partial charge in [-0.25, -0.2) is 0 Å². The van der Waals surface area contributed by atoms with Crippen LogP contribution in [-0.2, 0) is 19.9 Å². The van der Waals surface area contributed by atoms with Gasteiger partial charge in [-0.05, 0) is 18.4 Å². The molecule has 0 amide bonds. The van der Waals surface area contributed by atoms with E-state index in [1.54, 1.807) is 0 Å². The summed E-state index contributed by atoms with van der Waals surface area (Å²) in [5, 5.41) is 0. The molecule has 0 N–H and O–H groups in total. The molecule has 1 aromatic rings. The Morgan fingerprint density at radius 3 is 2.50 bits per heavy atom. The molecule has 1 atom stereocenters. The highest BCUT2D eigenvalue weighted by molar-refractivity contribution is 5.98. The second-order valence-corrected chi connectivity index (χ2v) is 5.54. The van der Waals surface area contributed by atoms with Crippen molar-refractivity contribution < 1.29 is 14.3 Å². The van der Waals surface area contributed by atoms with Crippen molar-refractivity contribution in [1.82, 2.24) is 0 Å². The number of carbonyl (C=O) groups is 2. The molecule has 0 saturated carbocycles. The van der Waals surface area contributed by atoms with Gasteiger partial charge in [-0.15, -0.1) is 0 Å². The molecule has 3 nitrogen and oxygen atoms in total. The minimum absolute atomic E-state index is 0.0133. The molecule has 108 valence electrons. The molecule has 1 unspecified atom stereocenters. The summed E-state index contributed by atoms with van der Waals surface area (Å²) in [7, 11) is 0. The third-order valence-corrected chi connectivity index (χ3v) is 3.87. The van der Waals surface area contributed by atoms with Gasteiger partial charge < -0.3 is 4.74 Å². The van der Waals surface area contributed by atoms with Gasteiger partial charge in [0, 0.05) is 0 Å². The van der Waals surface area contributed by atoms with Gasteiger partial charge in [-0.2, -0.15) is 0 Å². The van der Waals surface area contributed by atoms with Crippen LogP contribution in [0, 0.1) is 0 Å². The molecule has 1 aliphatic rings. The fraction of sp³-hybridized carbons (Fsp3) is 0.529. The molecule has 3 heteroatoms. The Labute approximate surface area is 120 Å². The first-order chi connectivity index (χ1) is 9.66. The van der Waals surface area contributed by atoms with E-state index in [0.29, 0.717) is 6.42 Å². The molecule has 1 heterocycles. The van der Waals surface area contributed by atoms with Crippen LogP contribution in [0.25, 0.3) is 0 Å². The summed E-state index contributed by atoms with van der Waals surface area (Å²) >= 11 is 0. The number of ether oxygens (including phenoxy) is 1. The summed E-state index contributed by atoms with van der Waals surface area (Å²) in [6, 6.07) is 9.68. The van der Waals surface area contributed by atoms with E-state index in [0.717, 1.165) is 31.2 Å². The third-order valence-electron chi connectivity index (χ3n) is 3.87. The number of esters is 1. The lowest BCUT2D eigenvalue weighted by Crippen LogP contribution is -2.40. The molecule has 1 saturated heterocycles. The summed E-state index contributed by atoms with van der Waals surface area (Å²) in [4.78, 5) is 23.6. The normalized spacial score (nSPS) is 22.6. The topological polar surface area (TPSA) is 43.4 Å². The summed E-state index contributed by atoms with van der Waals surface area (Å²) in [6.45, 7) is 2.16. The van der Waals surface area contributed by atoms with Crippen LogP contribution in [0.1, 0.15) is 57.4 Å². The average Bonchev–Trinajstić information content (AvgIpc) is 2.44. The SMILES string of the molecule is CCCCCCC1(c2ccccc2)CC(=O)CC(=O)O1. The smallest absolute Gasteiger partial charge is 0.314 e. The second kappa shape index (κ2) is 6.69. The van der Waals surface area contributed by atoms with E-state index in [-0.39, 0.29) is 18.2 Å². The van der Waals surface area contributed by atoms with Crippen LogP contribution in [0.3, 0.4) is 0 Å². The van der Waals surface area contributed by atoms with Crippen LogP contribution >= 0.6 is 0 Å². The highest BCUT2D eigenvalue weighted by atomic mass is 16.6. The van der Waals surface area contributed by atoms with Gasteiger partial charge in [0.25, 0.3) is 0 Å². The zero-order chi connectivity index (χ0) is 14.4. The van der Waals surface area contributed by atoms with E-state index in [4.69, 9.17) is 4.74 Å². The number of cyclic esters (lactones) is 1. The van der Waals surface area contributed by atoms with Crippen molar-refractivity contribution in [3.05, 3.63) is 35.9 Å². The number of carbonyl (C=O) groups excluding carboxylic acids is 2. The van der Waals surface area contributed by atoms with Crippen molar-refractivity contribution in [1.29, 1.82) is 0 Å². The molecule has 1 fully saturated rings. The molecule has 20 heavy (non-hydrogen) atoms. The number of ketones is 1. The summed E-state index contributed by atoms with van der Waals surface area (Å²) < 4.78 is 5.65. The maximum atomic E-state index is 11.9. The Hall–Kier alpha value is -1.64. The van der Waals surface area contributed by atoms with E-state index >= 15 is 0 Å². The van der Waals surface area contributed by atoms with Gasteiger partial charge >= 0.3 is 5.97 Å². The third kappa shape index (κ3) is 3.47. The van der Waals surface area contributed by atoms with Gasteiger partial charge in [0.05, 0.1) is 6.42 Å². The van der Waals surface area contributed by atoms with E-state index < -0.39 is 5.60 Å².